The number of thioether (sulfide) groups is 1. The van der Waals surface area contributed by atoms with Crippen LogP contribution in [0.3, 0.4) is 0 Å². The van der Waals surface area contributed by atoms with E-state index in [9.17, 15) is 4.79 Å². The topological polar surface area (TPSA) is 55.1 Å². The Labute approximate surface area is 207 Å². The SMILES string of the molecule is CC(C)(C)c1c[c-]no1.CSc1ccc(C(=O)Nc2cc[c-]cc2)cc1.[K+]. The smallest absolute Gasteiger partial charge is 0.470 e. The maximum absolute atomic E-state index is 11.9. The van der Waals surface area contributed by atoms with Gasteiger partial charge in [0.15, 0.2) is 0 Å². The third kappa shape index (κ3) is 8.33. The first-order valence-corrected chi connectivity index (χ1v) is 9.37. The van der Waals surface area contributed by atoms with Gasteiger partial charge in [-0.25, -0.2) is 5.16 Å². The molecule has 4 nitrogen and oxygen atoms in total. The van der Waals surface area contributed by atoms with E-state index in [0.717, 1.165) is 16.3 Å². The van der Waals surface area contributed by atoms with Gasteiger partial charge >= 0.3 is 51.4 Å². The summed E-state index contributed by atoms with van der Waals surface area (Å²) in [4.78, 5) is 13.0. The molecule has 0 saturated heterocycles. The molecule has 0 unspecified atom stereocenters. The minimum atomic E-state index is -0.0937. The van der Waals surface area contributed by atoms with Crippen LogP contribution >= 0.6 is 11.8 Å². The van der Waals surface area contributed by atoms with Crippen LogP contribution < -0.4 is 56.7 Å². The zero-order valence-electron chi connectivity index (χ0n) is 16.4. The maximum Gasteiger partial charge on any atom is 1.00 e. The molecule has 0 fully saturated rings. The molecule has 6 heteroatoms. The Morgan fingerprint density at radius 3 is 2.19 bits per heavy atom. The number of carbonyl (C=O) groups excluding carboxylic acids is 1. The number of aromatic nitrogens is 1. The summed E-state index contributed by atoms with van der Waals surface area (Å²) in [6, 6.07) is 19.4. The van der Waals surface area contributed by atoms with Gasteiger partial charge in [0, 0.05) is 10.5 Å². The molecule has 1 N–H and O–H groups in total. The molecule has 0 aliphatic heterocycles. The second kappa shape index (κ2) is 11.8. The van der Waals surface area contributed by atoms with Gasteiger partial charge in [-0.2, -0.15) is 24.3 Å². The van der Waals surface area contributed by atoms with Crippen molar-refractivity contribution < 1.29 is 60.7 Å². The van der Waals surface area contributed by atoms with E-state index >= 15 is 0 Å². The molecule has 0 bridgehead atoms. The minimum Gasteiger partial charge on any atom is -0.470 e. The van der Waals surface area contributed by atoms with Crippen molar-refractivity contribution in [3.8, 4) is 0 Å². The van der Waals surface area contributed by atoms with Gasteiger partial charge in [-0.1, -0.05) is 26.5 Å². The first-order chi connectivity index (χ1) is 12.4. The number of hydrogen-bond donors (Lipinski definition) is 1. The number of nitrogens with zero attached hydrogens (tertiary/aromatic N) is 1. The van der Waals surface area contributed by atoms with Gasteiger partial charge < -0.3 is 9.84 Å². The monoisotopic (exact) mass is 405 g/mol. The first kappa shape index (κ1) is 24.1. The molecule has 0 aliphatic rings. The van der Waals surface area contributed by atoms with Gasteiger partial charge in [0.05, 0.1) is 0 Å². The van der Waals surface area contributed by atoms with Crippen molar-refractivity contribution in [3.05, 3.63) is 78.2 Å². The van der Waals surface area contributed by atoms with Crippen molar-refractivity contribution in [1.29, 1.82) is 0 Å². The Balaban J connectivity index is 0.000000310. The van der Waals surface area contributed by atoms with Gasteiger partial charge in [-0.3, -0.25) is 4.79 Å². The zero-order chi connectivity index (χ0) is 19.0. The van der Waals surface area contributed by atoms with Gasteiger partial charge in [0.1, 0.15) is 0 Å². The molecule has 1 amide bonds. The quantitative estimate of drug-likeness (QED) is 0.413. The third-order valence-electron chi connectivity index (χ3n) is 3.46. The van der Waals surface area contributed by atoms with E-state index in [0.29, 0.717) is 5.56 Å². The van der Waals surface area contributed by atoms with E-state index in [1.54, 1.807) is 30.0 Å². The average Bonchev–Trinajstić information content (AvgIpc) is 3.18. The fourth-order valence-corrected chi connectivity index (χ4v) is 2.36. The largest absolute Gasteiger partial charge is 1.00 e. The Bertz CT molecular complexity index is 798. The molecule has 0 saturated carbocycles. The van der Waals surface area contributed by atoms with E-state index in [1.807, 2.05) is 42.7 Å². The molecule has 3 aromatic rings. The molecule has 2 aromatic carbocycles. The summed E-state index contributed by atoms with van der Waals surface area (Å²) < 4.78 is 4.89. The van der Waals surface area contributed by atoms with Crippen molar-refractivity contribution >= 4 is 23.4 Å². The van der Waals surface area contributed by atoms with Crippen LogP contribution in [0.4, 0.5) is 5.69 Å². The Morgan fingerprint density at radius 1 is 1.11 bits per heavy atom. The average molecular weight is 406 g/mol. The fourth-order valence-electron chi connectivity index (χ4n) is 1.96. The van der Waals surface area contributed by atoms with Crippen molar-refractivity contribution in [2.24, 2.45) is 0 Å². The van der Waals surface area contributed by atoms with Crippen LogP contribution in [0.1, 0.15) is 36.9 Å². The number of nitrogens with one attached hydrogen (secondary N) is 1. The summed E-state index contributed by atoms with van der Waals surface area (Å²) in [7, 11) is 0. The Morgan fingerprint density at radius 2 is 1.74 bits per heavy atom. The van der Waals surface area contributed by atoms with Gasteiger partial charge in [0.2, 0.25) is 0 Å². The van der Waals surface area contributed by atoms with Gasteiger partial charge in [-0.05, 0) is 41.7 Å². The van der Waals surface area contributed by atoms with Crippen molar-refractivity contribution in [3.63, 3.8) is 0 Å². The van der Waals surface area contributed by atoms with Crippen LogP contribution in [-0.4, -0.2) is 17.3 Å². The molecule has 27 heavy (non-hydrogen) atoms. The number of benzene rings is 2. The van der Waals surface area contributed by atoms with Crippen LogP contribution in [-0.2, 0) is 5.41 Å². The van der Waals surface area contributed by atoms with Gasteiger partial charge in [-0.15, -0.1) is 30.1 Å². The van der Waals surface area contributed by atoms with Crippen LogP contribution in [0.15, 0.2) is 64.0 Å². The van der Waals surface area contributed by atoms with E-state index in [4.69, 9.17) is 4.52 Å². The van der Waals surface area contributed by atoms with E-state index in [-0.39, 0.29) is 62.7 Å². The Hall–Kier alpha value is -0.894. The van der Waals surface area contributed by atoms with Crippen molar-refractivity contribution in [1.82, 2.24) is 5.16 Å². The van der Waals surface area contributed by atoms with E-state index in [2.05, 4.69) is 43.5 Å². The van der Waals surface area contributed by atoms with E-state index < -0.39 is 0 Å². The van der Waals surface area contributed by atoms with Crippen molar-refractivity contribution in [2.45, 2.75) is 31.1 Å². The number of carbonyl (C=O) groups is 1. The molecule has 1 heterocycles. The van der Waals surface area contributed by atoms with Crippen LogP contribution in [0.2, 0.25) is 0 Å². The molecular formula is C21H22KN2O2S-. The number of amides is 1. The van der Waals surface area contributed by atoms with Crippen LogP contribution in [0, 0.1) is 12.3 Å². The molecule has 3 rings (SSSR count). The van der Waals surface area contributed by atoms with Gasteiger partial charge in [0.25, 0.3) is 5.91 Å². The fraction of sp³-hybridized carbons (Fsp3) is 0.238. The summed E-state index contributed by atoms with van der Waals surface area (Å²) >= 11 is 1.66. The Kier molecular flexibility index (Phi) is 10.6. The number of hydrogen-bond acceptors (Lipinski definition) is 4. The third-order valence-corrected chi connectivity index (χ3v) is 4.20. The molecule has 0 spiro atoms. The zero-order valence-corrected chi connectivity index (χ0v) is 20.3. The van der Waals surface area contributed by atoms with E-state index in [1.165, 1.54) is 0 Å². The van der Waals surface area contributed by atoms with Crippen LogP contribution in [0.5, 0.6) is 0 Å². The predicted molar refractivity (Wildman–Crippen MR) is 105 cm³/mol. The maximum atomic E-state index is 11.9. The number of rotatable bonds is 3. The molecule has 0 atom stereocenters. The molecule has 1 aromatic heterocycles. The van der Waals surface area contributed by atoms with Crippen molar-refractivity contribution in [2.75, 3.05) is 11.6 Å². The predicted octanol–water partition coefficient (Wildman–Crippen LogP) is 2.24. The standard InChI is InChI=1S/C14H12NOS.C7H10NO.K/c1-17-13-9-7-11(8-10-13)14(16)15-12-5-3-2-4-6-12;1-7(2,3)6-4-5-8-9-6;/h3-10H,1H3,(H,15,16);4H,1-3H3;/q2*-1;+1. The summed E-state index contributed by atoms with van der Waals surface area (Å²) in [5, 5.41) is 6.32. The minimum absolute atomic E-state index is 0. The summed E-state index contributed by atoms with van der Waals surface area (Å²) in [5.41, 5.74) is 1.51. The second-order valence-electron chi connectivity index (χ2n) is 6.54. The first-order valence-electron chi connectivity index (χ1n) is 8.15. The summed E-state index contributed by atoms with van der Waals surface area (Å²) in [6.07, 6.45) is 4.63. The second-order valence-corrected chi connectivity index (χ2v) is 7.42. The normalized spacial score (nSPS) is 10.2. The summed E-state index contributed by atoms with van der Waals surface area (Å²) in [6.45, 7) is 6.21. The molecule has 136 valence electrons. The number of anilines is 1. The molecule has 0 aliphatic carbocycles. The molecular weight excluding hydrogens is 383 g/mol. The van der Waals surface area contributed by atoms with Crippen LogP contribution in [0.25, 0.3) is 0 Å². The summed E-state index contributed by atoms with van der Waals surface area (Å²) in [5.74, 6) is 0.784. The molecule has 0 radical (unpaired) electrons.